The number of hydrogen-bond donors (Lipinski definition) is 0. The lowest BCUT2D eigenvalue weighted by Gasteiger charge is -2.49. The normalized spacial score (nSPS) is 34.8. The molecule has 0 atom stereocenters. The molecule has 0 aliphatic heterocycles. The second-order valence-electron chi connectivity index (χ2n) is 7.61. The van der Waals surface area contributed by atoms with Crippen LogP contribution in [0.1, 0.15) is 113 Å². The van der Waals surface area contributed by atoms with Crippen molar-refractivity contribution >= 4 is 0 Å². The van der Waals surface area contributed by atoms with Crippen LogP contribution in [0.5, 0.6) is 0 Å². The molecule has 0 N–H and O–H groups in total. The molecular weight excluding hydrogens is 264 g/mol. The Morgan fingerprint density at radius 1 is 0.500 bits per heavy atom. The summed E-state index contributed by atoms with van der Waals surface area (Å²) in [6.07, 6.45) is 17.0. The quantitative estimate of drug-likeness (QED) is 0.424. The van der Waals surface area contributed by atoms with E-state index < -0.39 is 0 Å². The fraction of sp³-hybridized carbons (Fsp3) is 1.00. The maximum atomic E-state index is 2.31. The van der Waals surface area contributed by atoms with Crippen molar-refractivity contribution in [2.45, 2.75) is 113 Å². The minimum atomic E-state index is 0. The van der Waals surface area contributed by atoms with Crippen LogP contribution < -0.4 is 0 Å². The summed E-state index contributed by atoms with van der Waals surface area (Å²) in [6.45, 7) is 10.3. The lowest BCUT2D eigenvalue weighted by molar-refractivity contribution is 0.0198. The average molecular weight is 311 g/mol. The summed E-state index contributed by atoms with van der Waals surface area (Å²) in [6, 6.07) is 0. The van der Waals surface area contributed by atoms with Gasteiger partial charge in [-0.25, -0.2) is 0 Å². The predicted molar refractivity (Wildman–Crippen MR) is 103 cm³/mol. The molecule has 0 aromatic carbocycles. The first-order valence-electron chi connectivity index (χ1n) is 10.3. The Kier molecular flexibility index (Phi) is 12.4. The number of rotatable bonds is 0. The van der Waals surface area contributed by atoms with E-state index in [-0.39, 0.29) is 7.43 Å². The second kappa shape index (κ2) is 12.4. The van der Waals surface area contributed by atoms with Gasteiger partial charge in [-0.2, -0.15) is 0 Å². The summed E-state index contributed by atoms with van der Waals surface area (Å²) >= 11 is 0. The van der Waals surface area contributed by atoms with Crippen LogP contribution in [0.15, 0.2) is 0 Å². The highest BCUT2D eigenvalue weighted by Crippen LogP contribution is 2.52. The second-order valence-corrected chi connectivity index (χ2v) is 7.61. The molecule has 0 heteroatoms. The van der Waals surface area contributed by atoms with Crippen molar-refractivity contribution in [1.82, 2.24) is 0 Å². The fourth-order valence-corrected chi connectivity index (χ4v) is 3.86. The maximum absolute atomic E-state index is 2.31. The van der Waals surface area contributed by atoms with E-state index in [4.69, 9.17) is 0 Å². The van der Waals surface area contributed by atoms with Gasteiger partial charge < -0.3 is 0 Å². The topological polar surface area (TPSA) is 0 Å². The molecule has 7 rings (SSSR count). The summed E-state index contributed by atoms with van der Waals surface area (Å²) in [5.74, 6) is 5.84. The molecule has 0 heterocycles. The summed E-state index contributed by atoms with van der Waals surface area (Å²) < 4.78 is 0. The third kappa shape index (κ3) is 7.05. The number of hydrogen-bond acceptors (Lipinski definition) is 0. The van der Waals surface area contributed by atoms with Crippen LogP contribution in [0.3, 0.4) is 0 Å². The smallest absolute Gasteiger partial charge is 0.0406 e. The first-order chi connectivity index (χ1) is 10.3. The molecule has 0 unspecified atom stereocenters. The van der Waals surface area contributed by atoms with Crippen LogP contribution in [0, 0.1) is 29.6 Å². The third-order valence-electron chi connectivity index (χ3n) is 5.95. The number of fused-ring (bicyclic) bond motifs is 2. The molecule has 4 bridgehead atoms. The molecule has 0 saturated heterocycles. The molecule has 0 nitrogen and oxygen atoms in total. The van der Waals surface area contributed by atoms with Gasteiger partial charge >= 0.3 is 0 Å². The third-order valence-corrected chi connectivity index (χ3v) is 5.95. The first kappa shape index (κ1) is 22.0. The van der Waals surface area contributed by atoms with E-state index in [9.17, 15) is 0 Å². The van der Waals surface area contributed by atoms with Crippen LogP contribution in [-0.2, 0) is 0 Å². The molecule has 7 aliphatic rings. The summed E-state index contributed by atoms with van der Waals surface area (Å²) in [4.78, 5) is 0. The highest BCUT2D eigenvalue weighted by Gasteiger charge is 2.41. The van der Waals surface area contributed by atoms with Crippen LogP contribution in [-0.4, -0.2) is 0 Å². The van der Waals surface area contributed by atoms with Gasteiger partial charge in [0.05, 0.1) is 0 Å². The zero-order valence-corrected chi connectivity index (χ0v) is 15.7. The molecule has 7 aliphatic carbocycles. The molecule has 0 radical (unpaired) electrons. The molecule has 0 aromatic heterocycles. The van der Waals surface area contributed by atoms with Crippen LogP contribution in [0.4, 0.5) is 0 Å². The Hall–Kier alpha value is 0. The molecule has 0 spiro atoms. The zero-order valence-electron chi connectivity index (χ0n) is 15.7. The van der Waals surface area contributed by atoms with Gasteiger partial charge in [0, 0.05) is 0 Å². The highest BCUT2D eigenvalue weighted by molar-refractivity contribution is 4.92. The monoisotopic (exact) mass is 310 g/mol. The van der Waals surface area contributed by atoms with E-state index in [0.29, 0.717) is 0 Å². The largest absolute Gasteiger partial charge is 0.0776 e. The lowest BCUT2D eigenvalue weighted by atomic mass is 9.56. The van der Waals surface area contributed by atoms with E-state index >= 15 is 0 Å². The molecular formula is C22H46. The standard InChI is InChI=1S/C7H12.C5H8.C5H10.2C2H6.CH4/c1-2-6-4-7(3-1)5-6;1-4-2-5(1)3-4;1-5-3-2-4-5;2*1-2;/h6-7H,1-5H2;4-5H,1-3H2;5H,2-4H2,1H3;2*1-2H3;1H4. The minimum absolute atomic E-state index is 0. The van der Waals surface area contributed by atoms with Gasteiger partial charge in [0.15, 0.2) is 0 Å². The molecule has 7 saturated carbocycles. The molecule has 22 heavy (non-hydrogen) atoms. The van der Waals surface area contributed by atoms with Crippen molar-refractivity contribution in [3.05, 3.63) is 0 Å². The van der Waals surface area contributed by atoms with Crippen LogP contribution >= 0.6 is 0 Å². The van der Waals surface area contributed by atoms with Crippen molar-refractivity contribution in [2.75, 3.05) is 0 Å². The van der Waals surface area contributed by atoms with Gasteiger partial charge in [-0.3, -0.25) is 0 Å². The first-order valence-corrected chi connectivity index (χ1v) is 10.3. The van der Waals surface area contributed by atoms with Crippen LogP contribution in [0.25, 0.3) is 0 Å². The van der Waals surface area contributed by atoms with Gasteiger partial charge in [0.2, 0.25) is 0 Å². The van der Waals surface area contributed by atoms with Gasteiger partial charge in [0.1, 0.15) is 0 Å². The molecule has 0 amide bonds. The van der Waals surface area contributed by atoms with E-state index in [1.807, 2.05) is 27.7 Å². The van der Waals surface area contributed by atoms with Crippen molar-refractivity contribution in [2.24, 2.45) is 29.6 Å². The molecule has 0 aromatic rings. The maximum Gasteiger partial charge on any atom is -0.0406 e. The van der Waals surface area contributed by atoms with E-state index in [2.05, 4.69) is 6.92 Å². The lowest BCUT2D eigenvalue weighted by Crippen LogP contribution is -2.38. The van der Waals surface area contributed by atoms with E-state index in [1.165, 1.54) is 49.4 Å². The summed E-state index contributed by atoms with van der Waals surface area (Å²) in [7, 11) is 0. The van der Waals surface area contributed by atoms with Crippen LogP contribution in [0.2, 0.25) is 0 Å². The Morgan fingerprint density at radius 2 is 0.727 bits per heavy atom. The molecule has 134 valence electrons. The van der Waals surface area contributed by atoms with Crippen molar-refractivity contribution in [3.8, 4) is 0 Å². The van der Waals surface area contributed by atoms with Gasteiger partial charge in [-0.1, -0.05) is 80.6 Å². The predicted octanol–water partition coefficient (Wildman–Crippen LogP) is 8.11. The summed E-state index contributed by atoms with van der Waals surface area (Å²) in [5, 5.41) is 0. The Balaban J connectivity index is 0.000000269. The fourth-order valence-electron chi connectivity index (χ4n) is 3.86. The van der Waals surface area contributed by atoms with Gasteiger partial charge in [-0.05, 0) is 61.7 Å². The van der Waals surface area contributed by atoms with Crippen molar-refractivity contribution in [1.29, 1.82) is 0 Å². The van der Waals surface area contributed by atoms with Gasteiger partial charge in [0.25, 0.3) is 0 Å². The van der Waals surface area contributed by atoms with Crippen molar-refractivity contribution < 1.29 is 0 Å². The van der Waals surface area contributed by atoms with Gasteiger partial charge in [-0.15, -0.1) is 0 Å². The zero-order chi connectivity index (χ0) is 15.7. The average Bonchev–Trinajstić information content (AvgIpc) is 2.38. The minimum Gasteiger partial charge on any atom is -0.0776 e. The van der Waals surface area contributed by atoms with E-state index in [1.54, 1.807) is 44.9 Å². The summed E-state index contributed by atoms with van der Waals surface area (Å²) in [5.41, 5.74) is 0. The highest BCUT2D eigenvalue weighted by atomic mass is 14.5. The van der Waals surface area contributed by atoms with Crippen molar-refractivity contribution in [3.63, 3.8) is 0 Å². The Labute approximate surface area is 142 Å². The molecule has 7 fully saturated rings. The van der Waals surface area contributed by atoms with E-state index in [0.717, 1.165) is 5.92 Å². The SMILES string of the molecule is C.C1C2CC1C2.C1CC2CC(C1)C2.CC.CC.CC1CCC1. The Bertz CT molecular complexity index is 197. The Morgan fingerprint density at radius 3 is 0.773 bits per heavy atom.